The summed E-state index contributed by atoms with van der Waals surface area (Å²) in [5.74, 6) is -0.330. The maximum absolute atomic E-state index is 12.2. The molecule has 0 spiro atoms. The zero-order valence-electron chi connectivity index (χ0n) is 11.9. The number of halogens is 1. The number of nitrogens with one attached hydrogen (secondary N) is 1. The highest BCUT2D eigenvalue weighted by Crippen LogP contribution is 2.28. The van der Waals surface area contributed by atoms with Crippen molar-refractivity contribution in [2.75, 3.05) is 11.6 Å². The van der Waals surface area contributed by atoms with Gasteiger partial charge in [0, 0.05) is 16.3 Å². The van der Waals surface area contributed by atoms with Crippen molar-refractivity contribution in [3.63, 3.8) is 0 Å². The van der Waals surface area contributed by atoms with Gasteiger partial charge in [0.05, 0.1) is 15.1 Å². The fourth-order valence-electron chi connectivity index (χ4n) is 1.97. The molecule has 1 amide bonds. The number of carbonyl (C=O) groups excluding carboxylic acids is 1. The van der Waals surface area contributed by atoms with E-state index in [-0.39, 0.29) is 10.8 Å². The van der Waals surface area contributed by atoms with E-state index in [0.717, 1.165) is 20.9 Å². The molecule has 0 aliphatic rings. The van der Waals surface area contributed by atoms with Gasteiger partial charge in [-0.25, -0.2) is 13.4 Å². The van der Waals surface area contributed by atoms with Crippen molar-refractivity contribution in [1.82, 2.24) is 4.98 Å². The fraction of sp³-hybridized carbons (Fsp3) is 0.0667. The smallest absolute Gasteiger partial charge is 0.257 e. The van der Waals surface area contributed by atoms with E-state index in [4.69, 9.17) is 0 Å². The van der Waals surface area contributed by atoms with Crippen molar-refractivity contribution in [3.8, 4) is 0 Å². The predicted octanol–water partition coefficient (Wildman–Crippen LogP) is 3.71. The van der Waals surface area contributed by atoms with Gasteiger partial charge in [-0.3, -0.25) is 10.1 Å². The normalized spacial score (nSPS) is 11.6. The van der Waals surface area contributed by atoms with E-state index in [0.29, 0.717) is 10.7 Å². The molecule has 0 atom stereocenters. The number of benzene rings is 2. The highest BCUT2D eigenvalue weighted by molar-refractivity contribution is 9.10. The van der Waals surface area contributed by atoms with Gasteiger partial charge < -0.3 is 0 Å². The first-order valence-corrected chi connectivity index (χ1v) is 10.0. The van der Waals surface area contributed by atoms with Crippen LogP contribution in [0.1, 0.15) is 10.4 Å². The van der Waals surface area contributed by atoms with Gasteiger partial charge in [0.1, 0.15) is 0 Å². The summed E-state index contributed by atoms with van der Waals surface area (Å²) in [6, 6.07) is 11.5. The molecule has 3 rings (SSSR count). The number of sulfone groups is 1. The van der Waals surface area contributed by atoms with Crippen molar-refractivity contribution >= 4 is 58.4 Å². The van der Waals surface area contributed by atoms with Crippen LogP contribution in [0.15, 0.2) is 51.8 Å². The van der Waals surface area contributed by atoms with Gasteiger partial charge in [0.15, 0.2) is 15.0 Å². The van der Waals surface area contributed by atoms with Gasteiger partial charge in [-0.05, 0) is 42.5 Å². The number of nitrogens with zero attached hydrogens (tertiary/aromatic N) is 1. The Bertz CT molecular complexity index is 995. The van der Waals surface area contributed by atoms with E-state index in [1.807, 2.05) is 18.2 Å². The van der Waals surface area contributed by atoms with Gasteiger partial charge in [-0.1, -0.05) is 27.3 Å². The third-order valence-corrected chi connectivity index (χ3v) is 5.67. The molecule has 23 heavy (non-hydrogen) atoms. The van der Waals surface area contributed by atoms with Gasteiger partial charge >= 0.3 is 0 Å². The molecule has 0 unspecified atom stereocenters. The second kappa shape index (κ2) is 6.03. The Labute approximate surface area is 145 Å². The quantitative estimate of drug-likeness (QED) is 0.713. The standard InChI is InChI=1S/C15H11BrN2O3S2/c1-23(20,21)11-5-2-9(3-6-11)14(19)18-15-17-12-7-4-10(16)8-13(12)22-15/h2-8H,1H3,(H,17,18,19). The van der Waals surface area contributed by atoms with Crippen molar-refractivity contribution < 1.29 is 13.2 Å². The molecule has 5 nitrogen and oxygen atoms in total. The number of anilines is 1. The van der Waals surface area contributed by atoms with E-state index in [1.54, 1.807) is 0 Å². The molecular formula is C15H11BrN2O3S2. The van der Waals surface area contributed by atoms with Crippen molar-refractivity contribution in [3.05, 3.63) is 52.5 Å². The first-order valence-electron chi connectivity index (χ1n) is 6.50. The van der Waals surface area contributed by atoms with E-state index in [2.05, 4.69) is 26.2 Å². The Kier molecular flexibility index (Phi) is 4.22. The van der Waals surface area contributed by atoms with E-state index in [9.17, 15) is 13.2 Å². The first-order chi connectivity index (χ1) is 10.8. The van der Waals surface area contributed by atoms with E-state index >= 15 is 0 Å². The Morgan fingerprint density at radius 2 is 1.87 bits per heavy atom. The molecule has 0 saturated heterocycles. The van der Waals surface area contributed by atoms with Crippen molar-refractivity contribution in [1.29, 1.82) is 0 Å². The predicted molar refractivity (Wildman–Crippen MR) is 94.8 cm³/mol. The second-order valence-corrected chi connectivity index (χ2v) is 8.84. The van der Waals surface area contributed by atoms with Crippen molar-refractivity contribution in [2.45, 2.75) is 4.90 Å². The lowest BCUT2D eigenvalue weighted by Gasteiger charge is -2.03. The van der Waals surface area contributed by atoms with Gasteiger partial charge in [0.2, 0.25) is 0 Å². The third-order valence-electron chi connectivity index (χ3n) is 3.12. The highest BCUT2D eigenvalue weighted by Gasteiger charge is 2.12. The lowest BCUT2D eigenvalue weighted by atomic mass is 10.2. The number of fused-ring (bicyclic) bond motifs is 1. The molecule has 1 aromatic heterocycles. The van der Waals surface area contributed by atoms with Crippen LogP contribution in [-0.4, -0.2) is 25.6 Å². The van der Waals surface area contributed by atoms with E-state index in [1.165, 1.54) is 35.6 Å². The van der Waals surface area contributed by atoms with Crippen LogP contribution in [-0.2, 0) is 9.84 Å². The number of hydrogen-bond donors (Lipinski definition) is 1. The zero-order valence-corrected chi connectivity index (χ0v) is 15.1. The lowest BCUT2D eigenvalue weighted by molar-refractivity contribution is 0.102. The van der Waals surface area contributed by atoms with Crippen LogP contribution in [0, 0.1) is 0 Å². The summed E-state index contributed by atoms with van der Waals surface area (Å²) in [5, 5.41) is 3.22. The minimum absolute atomic E-state index is 0.180. The molecule has 0 radical (unpaired) electrons. The molecule has 0 fully saturated rings. The van der Waals surface area contributed by atoms with Crippen LogP contribution in [0.2, 0.25) is 0 Å². The average Bonchev–Trinajstić information content (AvgIpc) is 2.87. The molecule has 3 aromatic rings. The highest BCUT2D eigenvalue weighted by atomic mass is 79.9. The number of aromatic nitrogens is 1. The molecule has 0 aliphatic carbocycles. The number of carbonyl (C=O) groups is 1. The zero-order chi connectivity index (χ0) is 16.6. The Morgan fingerprint density at radius 1 is 1.17 bits per heavy atom. The Balaban J connectivity index is 1.82. The van der Waals surface area contributed by atoms with Gasteiger partial charge in [0.25, 0.3) is 5.91 Å². The molecule has 118 valence electrons. The fourth-order valence-corrected chi connectivity index (χ4v) is 4.02. The maximum Gasteiger partial charge on any atom is 0.257 e. The first kappa shape index (κ1) is 16.1. The Hall–Kier alpha value is -1.77. The van der Waals surface area contributed by atoms with Gasteiger partial charge in [-0.15, -0.1) is 0 Å². The Morgan fingerprint density at radius 3 is 2.52 bits per heavy atom. The summed E-state index contributed by atoms with van der Waals surface area (Å²) < 4.78 is 24.7. The van der Waals surface area contributed by atoms with Crippen molar-refractivity contribution in [2.24, 2.45) is 0 Å². The number of amides is 1. The molecule has 2 aromatic carbocycles. The largest absolute Gasteiger partial charge is 0.298 e. The summed E-state index contributed by atoms with van der Waals surface area (Å²) in [6.45, 7) is 0. The third kappa shape index (κ3) is 3.60. The summed E-state index contributed by atoms with van der Waals surface area (Å²) in [4.78, 5) is 16.7. The topological polar surface area (TPSA) is 76.1 Å². The van der Waals surface area contributed by atoms with Crippen LogP contribution < -0.4 is 5.32 Å². The van der Waals surface area contributed by atoms with Crippen LogP contribution in [0.4, 0.5) is 5.13 Å². The number of hydrogen-bond acceptors (Lipinski definition) is 5. The maximum atomic E-state index is 12.2. The molecule has 0 bridgehead atoms. The molecule has 0 saturated carbocycles. The summed E-state index contributed by atoms with van der Waals surface area (Å²) >= 11 is 4.77. The second-order valence-electron chi connectivity index (χ2n) is 4.88. The average molecular weight is 411 g/mol. The monoisotopic (exact) mass is 410 g/mol. The molecule has 1 N–H and O–H groups in total. The molecule has 1 heterocycles. The number of rotatable bonds is 3. The summed E-state index contributed by atoms with van der Waals surface area (Å²) in [6.07, 6.45) is 1.13. The minimum Gasteiger partial charge on any atom is -0.298 e. The SMILES string of the molecule is CS(=O)(=O)c1ccc(C(=O)Nc2nc3ccc(Br)cc3s2)cc1. The van der Waals surface area contributed by atoms with Crippen LogP contribution >= 0.6 is 27.3 Å². The van der Waals surface area contributed by atoms with Crippen LogP contribution in [0.25, 0.3) is 10.2 Å². The summed E-state index contributed by atoms with van der Waals surface area (Å²) in [5.41, 5.74) is 1.18. The van der Waals surface area contributed by atoms with Gasteiger partial charge in [-0.2, -0.15) is 0 Å². The van der Waals surface area contributed by atoms with Crippen LogP contribution in [0.5, 0.6) is 0 Å². The molecule has 0 aliphatic heterocycles. The molecule has 8 heteroatoms. The number of thiazole rings is 1. The minimum atomic E-state index is -3.27. The lowest BCUT2D eigenvalue weighted by Crippen LogP contribution is -2.11. The summed E-state index contributed by atoms with van der Waals surface area (Å²) in [7, 11) is -3.27. The van der Waals surface area contributed by atoms with E-state index < -0.39 is 9.84 Å². The molecular weight excluding hydrogens is 400 g/mol. The van der Waals surface area contributed by atoms with Crippen LogP contribution in [0.3, 0.4) is 0 Å².